The number of rotatable bonds is 7. The molecule has 2 aromatic carbocycles. The molecule has 25 heavy (non-hydrogen) atoms. The lowest BCUT2D eigenvalue weighted by Crippen LogP contribution is -2.37. The van der Waals surface area contributed by atoms with E-state index in [0.29, 0.717) is 17.8 Å². The van der Waals surface area contributed by atoms with E-state index in [9.17, 15) is 9.59 Å². The van der Waals surface area contributed by atoms with Gasteiger partial charge in [-0.05, 0) is 30.5 Å². The second kappa shape index (κ2) is 9.24. The van der Waals surface area contributed by atoms with Crippen molar-refractivity contribution in [3.8, 4) is 6.07 Å². The minimum absolute atomic E-state index is 0.0239. The van der Waals surface area contributed by atoms with Gasteiger partial charge in [-0.2, -0.15) is 5.26 Å². The Labute approximate surface area is 147 Å². The lowest BCUT2D eigenvalue weighted by molar-refractivity contribution is -0.132. The van der Waals surface area contributed by atoms with Gasteiger partial charge in [0.2, 0.25) is 11.8 Å². The number of carbonyl (C=O) groups excluding carboxylic acids is 2. The van der Waals surface area contributed by atoms with E-state index in [4.69, 9.17) is 5.26 Å². The highest BCUT2D eigenvalue weighted by Crippen LogP contribution is 2.13. The number of hydrogen-bond acceptors (Lipinski definition) is 3. The third-order valence-corrected chi connectivity index (χ3v) is 3.84. The molecule has 0 saturated heterocycles. The van der Waals surface area contributed by atoms with Gasteiger partial charge < -0.3 is 10.2 Å². The summed E-state index contributed by atoms with van der Waals surface area (Å²) in [6.45, 7) is 1.94. The van der Waals surface area contributed by atoms with Gasteiger partial charge in [0, 0.05) is 13.5 Å². The van der Waals surface area contributed by atoms with E-state index in [1.54, 1.807) is 24.3 Å². The summed E-state index contributed by atoms with van der Waals surface area (Å²) in [5, 5.41) is 11.8. The largest absolute Gasteiger partial charge is 0.334 e. The summed E-state index contributed by atoms with van der Waals surface area (Å²) < 4.78 is 0. The number of benzene rings is 2. The first kappa shape index (κ1) is 18.2. The maximum Gasteiger partial charge on any atom is 0.244 e. The Kier molecular flexibility index (Phi) is 6.73. The number of carbonyl (C=O) groups is 2. The quantitative estimate of drug-likeness (QED) is 0.845. The van der Waals surface area contributed by atoms with Gasteiger partial charge in [0.15, 0.2) is 0 Å². The molecule has 0 spiro atoms. The number of nitriles is 1. The average molecular weight is 335 g/mol. The molecule has 5 nitrogen and oxygen atoms in total. The molecule has 2 aromatic rings. The Hall–Kier alpha value is -3.13. The van der Waals surface area contributed by atoms with Gasteiger partial charge in [-0.15, -0.1) is 0 Å². The molecule has 0 aliphatic heterocycles. The molecular weight excluding hydrogens is 314 g/mol. The minimum atomic E-state index is -0.308. The molecule has 2 rings (SSSR count). The Morgan fingerprint density at radius 3 is 2.44 bits per heavy atom. The van der Waals surface area contributed by atoms with Crippen molar-refractivity contribution >= 4 is 17.5 Å². The summed E-state index contributed by atoms with van der Waals surface area (Å²) in [4.78, 5) is 25.5. The fourth-order valence-electron chi connectivity index (χ4n) is 2.52. The third kappa shape index (κ3) is 5.78. The third-order valence-electron chi connectivity index (χ3n) is 3.84. The molecule has 128 valence electrons. The number of para-hydroxylation sites is 1. The molecule has 0 atom stereocenters. The molecule has 0 bridgehead atoms. The molecule has 0 saturated carbocycles. The van der Waals surface area contributed by atoms with Crippen LogP contribution in [0.1, 0.15) is 24.5 Å². The van der Waals surface area contributed by atoms with Gasteiger partial charge in [0.1, 0.15) is 6.07 Å². The Morgan fingerprint density at radius 1 is 1.08 bits per heavy atom. The fourth-order valence-corrected chi connectivity index (χ4v) is 2.52. The van der Waals surface area contributed by atoms with Crippen LogP contribution < -0.4 is 5.32 Å². The average Bonchev–Trinajstić information content (AvgIpc) is 2.62. The van der Waals surface area contributed by atoms with Crippen molar-refractivity contribution in [1.82, 2.24) is 4.90 Å². The number of nitrogens with zero attached hydrogens (tertiary/aromatic N) is 2. The van der Waals surface area contributed by atoms with E-state index < -0.39 is 0 Å². The SMILES string of the molecule is CC(=O)N(CCCc1ccccc1)CC(=O)Nc1ccccc1C#N. The Bertz CT molecular complexity index is 766. The van der Waals surface area contributed by atoms with E-state index in [1.807, 2.05) is 36.4 Å². The maximum atomic E-state index is 12.2. The highest BCUT2D eigenvalue weighted by molar-refractivity contribution is 5.95. The number of nitrogens with one attached hydrogen (secondary N) is 1. The van der Waals surface area contributed by atoms with Gasteiger partial charge >= 0.3 is 0 Å². The van der Waals surface area contributed by atoms with Crippen LogP contribution in [0.2, 0.25) is 0 Å². The molecule has 0 heterocycles. The highest BCUT2D eigenvalue weighted by atomic mass is 16.2. The zero-order valence-electron chi connectivity index (χ0n) is 14.2. The number of hydrogen-bond donors (Lipinski definition) is 1. The monoisotopic (exact) mass is 335 g/mol. The summed E-state index contributed by atoms with van der Waals surface area (Å²) in [6, 6.07) is 18.9. The van der Waals surface area contributed by atoms with Gasteiger partial charge in [-0.3, -0.25) is 9.59 Å². The lowest BCUT2D eigenvalue weighted by atomic mass is 10.1. The molecule has 5 heteroatoms. The molecule has 0 radical (unpaired) electrons. The first-order valence-corrected chi connectivity index (χ1v) is 8.18. The van der Waals surface area contributed by atoms with Crippen LogP contribution in [0.4, 0.5) is 5.69 Å². The van der Waals surface area contributed by atoms with Gasteiger partial charge in [-0.1, -0.05) is 42.5 Å². The van der Waals surface area contributed by atoms with Crippen LogP contribution in [0.5, 0.6) is 0 Å². The van der Waals surface area contributed by atoms with Crippen LogP contribution in [0, 0.1) is 11.3 Å². The second-order valence-electron chi connectivity index (χ2n) is 5.74. The maximum absolute atomic E-state index is 12.2. The molecule has 0 aliphatic carbocycles. The normalized spacial score (nSPS) is 9.92. The number of anilines is 1. The van der Waals surface area contributed by atoms with Crippen LogP contribution >= 0.6 is 0 Å². The molecule has 1 N–H and O–H groups in total. The highest BCUT2D eigenvalue weighted by Gasteiger charge is 2.14. The smallest absolute Gasteiger partial charge is 0.244 e. The molecule has 0 aromatic heterocycles. The summed E-state index contributed by atoms with van der Waals surface area (Å²) in [6.07, 6.45) is 1.63. The predicted octanol–water partition coefficient (Wildman–Crippen LogP) is 2.98. The van der Waals surface area contributed by atoms with Crippen LogP contribution in [0.3, 0.4) is 0 Å². The van der Waals surface area contributed by atoms with Gasteiger partial charge in [0.25, 0.3) is 0 Å². The van der Waals surface area contributed by atoms with Crippen LogP contribution in [0.15, 0.2) is 54.6 Å². The first-order chi connectivity index (χ1) is 12.1. The standard InChI is InChI=1S/C20H21N3O2/c1-16(24)23(13-7-10-17-8-3-2-4-9-17)15-20(25)22-19-12-6-5-11-18(19)14-21/h2-6,8-9,11-12H,7,10,13,15H2,1H3,(H,22,25). The molecule has 0 aliphatic rings. The number of aryl methyl sites for hydroxylation is 1. The molecular formula is C20H21N3O2. The Morgan fingerprint density at radius 2 is 1.76 bits per heavy atom. The van der Waals surface area contributed by atoms with Gasteiger partial charge in [-0.25, -0.2) is 0 Å². The van der Waals surface area contributed by atoms with Crippen LogP contribution in [-0.2, 0) is 16.0 Å². The molecule has 0 fully saturated rings. The van der Waals surface area contributed by atoms with Crippen molar-refractivity contribution in [2.24, 2.45) is 0 Å². The van der Waals surface area contributed by atoms with E-state index in [2.05, 4.69) is 5.32 Å². The van der Waals surface area contributed by atoms with E-state index in [1.165, 1.54) is 17.4 Å². The van der Waals surface area contributed by atoms with E-state index in [0.717, 1.165) is 12.8 Å². The second-order valence-corrected chi connectivity index (χ2v) is 5.74. The Balaban J connectivity index is 1.89. The van der Waals surface area contributed by atoms with Crippen molar-refractivity contribution in [3.63, 3.8) is 0 Å². The summed E-state index contributed by atoms with van der Waals surface area (Å²) in [5.41, 5.74) is 2.07. The lowest BCUT2D eigenvalue weighted by Gasteiger charge is -2.20. The zero-order valence-corrected chi connectivity index (χ0v) is 14.2. The summed E-state index contributed by atoms with van der Waals surface area (Å²) in [7, 11) is 0. The number of amides is 2. The predicted molar refractivity (Wildman–Crippen MR) is 96.8 cm³/mol. The van der Waals surface area contributed by atoms with E-state index in [-0.39, 0.29) is 18.4 Å². The minimum Gasteiger partial charge on any atom is -0.334 e. The van der Waals surface area contributed by atoms with Crippen molar-refractivity contribution in [3.05, 3.63) is 65.7 Å². The molecule has 2 amide bonds. The summed E-state index contributed by atoms with van der Waals surface area (Å²) >= 11 is 0. The topological polar surface area (TPSA) is 73.2 Å². The van der Waals surface area contributed by atoms with Crippen LogP contribution in [0.25, 0.3) is 0 Å². The van der Waals surface area contributed by atoms with Gasteiger partial charge in [0.05, 0.1) is 17.8 Å². The van der Waals surface area contributed by atoms with E-state index >= 15 is 0 Å². The van der Waals surface area contributed by atoms with Crippen LogP contribution in [-0.4, -0.2) is 29.8 Å². The van der Waals surface area contributed by atoms with Crippen molar-refractivity contribution < 1.29 is 9.59 Å². The zero-order chi connectivity index (χ0) is 18.1. The fraction of sp³-hybridized carbons (Fsp3) is 0.250. The molecule has 0 unspecified atom stereocenters. The first-order valence-electron chi connectivity index (χ1n) is 8.18. The van der Waals surface area contributed by atoms with Crippen molar-refractivity contribution in [2.75, 3.05) is 18.4 Å². The van der Waals surface area contributed by atoms with Crippen molar-refractivity contribution in [2.45, 2.75) is 19.8 Å². The summed E-state index contributed by atoms with van der Waals surface area (Å²) in [5.74, 6) is -0.450. The van der Waals surface area contributed by atoms with Crippen molar-refractivity contribution in [1.29, 1.82) is 5.26 Å².